The lowest BCUT2D eigenvalue weighted by Crippen LogP contribution is -2.49. The van der Waals surface area contributed by atoms with Gasteiger partial charge in [0, 0.05) is 5.92 Å². The highest BCUT2D eigenvalue weighted by molar-refractivity contribution is 9.10. The molecule has 2 aromatic carbocycles. The first kappa shape index (κ1) is 22.5. The van der Waals surface area contributed by atoms with E-state index in [9.17, 15) is 23.9 Å². The molecule has 8 heteroatoms. The summed E-state index contributed by atoms with van der Waals surface area (Å²) in [6.45, 7) is 1.78. The number of hydrogen-bond acceptors (Lipinski definition) is 4. The van der Waals surface area contributed by atoms with Crippen molar-refractivity contribution in [1.82, 2.24) is 5.32 Å². The Labute approximate surface area is 176 Å². The first-order chi connectivity index (χ1) is 13.8. The second-order valence-corrected chi connectivity index (χ2v) is 7.27. The van der Waals surface area contributed by atoms with Crippen LogP contribution in [0.3, 0.4) is 0 Å². The zero-order valence-electron chi connectivity index (χ0n) is 15.7. The summed E-state index contributed by atoms with van der Waals surface area (Å²) >= 11 is 2.85. The van der Waals surface area contributed by atoms with E-state index < -0.39 is 40.4 Å². The van der Waals surface area contributed by atoms with Crippen molar-refractivity contribution in [1.29, 1.82) is 0 Å². The van der Waals surface area contributed by atoms with Crippen LogP contribution in [0.2, 0.25) is 0 Å². The fourth-order valence-electron chi connectivity index (χ4n) is 2.91. The van der Waals surface area contributed by atoms with Gasteiger partial charge in [-0.2, -0.15) is 0 Å². The number of amides is 1. The standard InChI is InChI=1S/C21H21BrFNO5/c1-2-16(14-8-10-15(23)11-9-14)18(19(25)17(22)20(26)27)24-21(28)29-12-13-6-4-3-5-7-13/h3-11,16-18H,2,12H2,1H3,(H,24,28)(H,26,27). The molecule has 2 rings (SSSR count). The number of aliphatic carboxylic acids is 1. The summed E-state index contributed by atoms with van der Waals surface area (Å²) in [7, 11) is 0. The van der Waals surface area contributed by atoms with E-state index in [2.05, 4.69) is 21.2 Å². The maximum Gasteiger partial charge on any atom is 0.408 e. The number of carboxylic acid groups (broad SMARTS) is 1. The van der Waals surface area contributed by atoms with E-state index in [1.807, 2.05) is 6.07 Å². The molecule has 0 saturated heterocycles. The summed E-state index contributed by atoms with van der Waals surface area (Å²) < 4.78 is 18.5. The van der Waals surface area contributed by atoms with Crippen molar-refractivity contribution < 1.29 is 28.6 Å². The maximum atomic E-state index is 13.3. The minimum atomic E-state index is -1.50. The molecule has 0 radical (unpaired) electrons. The van der Waals surface area contributed by atoms with Crippen molar-refractivity contribution in [3.8, 4) is 0 Å². The number of carbonyl (C=O) groups is 3. The number of Topliss-reactive ketones (excluding diaryl/α,β-unsaturated/α-hetero) is 1. The zero-order chi connectivity index (χ0) is 21.4. The predicted molar refractivity (Wildman–Crippen MR) is 108 cm³/mol. The molecular formula is C21H21BrFNO5. The highest BCUT2D eigenvalue weighted by Crippen LogP contribution is 2.26. The number of alkyl halides is 1. The van der Waals surface area contributed by atoms with Gasteiger partial charge in [-0.05, 0) is 29.7 Å². The summed E-state index contributed by atoms with van der Waals surface area (Å²) in [5.41, 5.74) is 1.36. The van der Waals surface area contributed by atoms with Crippen molar-refractivity contribution in [3.05, 3.63) is 71.5 Å². The monoisotopic (exact) mass is 465 g/mol. The van der Waals surface area contributed by atoms with Gasteiger partial charge in [0.25, 0.3) is 0 Å². The molecule has 0 fully saturated rings. The highest BCUT2D eigenvalue weighted by atomic mass is 79.9. The fourth-order valence-corrected chi connectivity index (χ4v) is 3.20. The van der Waals surface area contributed by atoms with Gasteiger partial charge in [0.15, 0.2) is 10.6 Å². The number of nitrogens with one attached hydrogen (secondary N) is 1. The van der Waals surface area contributed by atoms with Crippen LogP contribution in [-0.4, -0.2) is 33.8 Å². The number of rotatable bonds is 9. The van der Waals surface area contributed by atoms with Crippen LogP contribution in [-0.2, 0) is 20.9 Å². The molecule has 0 saturated carbocycles. The Kier molecular flexibility index (Phi) is 8.33. The Hall–Kier alpha value is -2.74. The minimum absolute atomic E-state index is 0.00239. The second-order valence-electron chi connectivity index (χ2n) is 6.35. The van der Waals surface area contributed by atoms with Gasteiger partial charge in [0.05, 0.1) is 6.04 Å². The Bertz CT molecular complexity index is 844. The molecular weight excluding hydrogens is 445 g/mol. The van der Waals surface area contributed by atoms with E-state index in [0.717, 1.165) is 5.56 Å². The number of carbonyl (C=O) groups excluding carboxylic acids is 2. The molecule has 0 bridgehead atoms. The summed E-state index contributed by atoms with van der Waals surface area (Å²) in [5.74, 6) is -3.10. The summed E-state index contributed by atoms with van der Waals surface area (Å²) in [6, 6.07) is 13.3. The molecule has 2 N–H and O–H groups in total. The maximum absolute atomic E-state index is 13.3. The number of hydrogen-bond donors (Lipinski definition) is 2. The van der Waals surface area contributed by atoms with Crippen LogP contribution in [0.1, 0.15) is 30.4 Å². The van der Waals surface area contributed by atoms with Gasteiger partial charge in [-0.25, -0.2) is 9.18 Å². The molecule has 6 nitrogen and oxygen atoms in total. The Morgan fingerprint density at radius 1 is 1.10 bits per heavy atom. The summed E-state index contributed by atoms with van der Waals surface area (Å²) in [6.07, 6.45) is -0.446. The molecule has 3 unspecified atom stereocenters. The lowest BCUT2D eigenvalue weighted by atomic mass is 9.86. The second kappa shape index (κ2) is 10.7. The third kappa shape index (κ3) is 6.39. The van der Waals surface area contributed by atoms with Gasteiger partial charge in [0.1, 0.15) is 12.4 Å². The fraction of sp³-hybridized carbons (Fsp3) is 0.286. The smallest absolute Gasteiger partial charge is 0.408 e. The van der Waals surface area contributed by atoms with Gasteiger partial charge in [-0.1, -0.05) is 65.3 Å². The zero-order valence-corrected chi connectivity index (χ0v) is 17.3. The Morgan fingerprint density at radius 3 is 2.28 bits per heavy atom. The van der Waals surface area contributed by atoms with E-state index >= 15 is 0 Å². The number of ether oxygens (including phenoxy) is 1. The average molecular weight is 466 g/mol. The number of alkyl carbamates (subject to hydrolysis) is 1. The van der Waals surface area contributed by atoms with Gasteiger partial charge in [-0.3, -0.25) is 9.59 Å². The Balaban J connectivity index is 2.21. The van der Waals surface area contributed by atoms with Crippen LogP contribution in [0, 0.1) is 5.82 Å². The van der Waals surface area contributed by atoms with Crippen molar-refractivity contribution >= 4 is 33.8 Å². The molecule has 29 heavy (non-hydrogen) atoms. The van der Waals surface area contributed by atoms with Crippen molar-refractivity contribution in [3.63, 3.8) is 0 Å². The van der Waals surface area contributed by atoms with Gasteiger partial charge >= 0.3 is 12.1 Å². The van der Waals surface area contributed by atoms with Gasteiger partial charge < -0.3 is 15.2 Å². The van der Waals surface area contributed by atoms with Crippen molar-refractivity contribution in [2.45, 2.75) is 36.7 Å². The van der Waals surface area contributed by atoms with Crippen LogP contribution in [0.4, 0.5) is 9.18 Å². The van der Waals surface area contributed by atoms with E-state index in [1.54, 1.807) is 31.2 Å². The van der Waals surface area contributed by atoms with Crippen molar-refractivity contribution in [2.75, 3.05) is 0 Å². The third-order valence-corrected chi connectivity index (χ3v) is 5.24. The summed E-state index contributed by atoms with van der Waals surface area (Å²) in [4.78, 5) is 34.9. The normalized spacial score (nSPS) is 13.8. The quantitative estimate of drug-likeness (QED) is 0.430. The predicted octanol–water partition coefficient (Wildman–Crippen LogP) is 4.03. The van der Waals surface area contributed by atoms with E-state index in [0.29, 0.717) is 12.0 Å². The number of benzene rings is 2. The molecule has 2 aromatic rings. The third-order valence-electron chi connectivity index (χ3n) is 4.40. The minimum Gasteiger partial charge on any atom is -0.480 e. The number of ketones is 1. The molecule has 0 aromatic heterocycles. The van der Waals surface area contributed by atoms with Crippen LogP contribution in [0.15, 0.2) is 54.6 Å². The topological polar surface area (TPSA) is 92.7 Å². The van der Waals surface area contributed by atoms with Crippen LogP contribution in [0.25, 0.3) is 0 Å². The largest absolute Gasteiger partial charge is 0.480 e. The Morgan fingerprint density at radius 2 is 1.72 bits per heavy atom. The molecule has 0 heterocycles. The molecule has 0 spiro atoms. The van der Waals surface area contributed by atoms with E-state index in [1.165, 1.54) is 24.3 Å². The van der Waals surface area contributed by atoms with E-state index in [4.69, 9.17) is 4.74 Å². The first-order valence-corrected chi connectivity index (χ1v) is 9.88. The van der Waals surface area contributed by atoms with E-state index in [-0.39, 0.29) is 6.61 Å². The molecule has 1 amide bonds. The lowest BCUT2D eigenvalue weighted by molar-refractivity contribution is -0.139. The average Bonchev–Trinajstić information content (AvgIpc) is 2.73. The molecule has 3 atom stereocenters. The molecule has 154 valence electrons. The van der Waals surface area contributed by atoms with Gasteiger partial charge in [-0.15, -0.1) is 0 Å². The SMILES string of the molecule is CCC(c1ccc(F)cc1)C(NC(=O)OCc1ccccc1)C(=O)C(Br)C(=O)O. The van der Waals surface area contributed by atoms with Crippen LogP contribution >= 0.6 is 15.9 Å². The van der Waals surface area contributed by atoms with Crippen molar-refractivity contribution in [2.24, 2.45) is 0 Å². The number of carboxylic acids is 1. The molecule has 0 aliphatic carbocycles. The lowest BCUT2D eigenvalue weighted by Gasteiger charge is -2.27. The molecule has 0 aliphatic rings. The highest BCUT2D eigenvalue weighted by Gasteiger charge is 2.36. The van der Waals surface area contributed by atoms with Crippen LogP contribution in [0.5, 0.6) is 0 Å². The number of halogens is 2. The van der Waals surface area contributed by atoms with Gasteiger partial charge in [0.2, 0.25) is 0 Å². The summed E-state index contributed by atoms with van der Waals surface area (Å²) in [5, 5.41) is 11.7. The first-order valence-electron chi connectivity index (χ1n) is 8.96. The van der Waals surface area contributed by atoms with Crippen LogP contribution < -0.4 is 5.32 Å². The molecule has 0 aliphatic heterocycles.